The van der Waals surface area contributed by atoms with Crippen molar-refractivity contribution in [2.24, 2.45) is 0 Å². The fraction of sp³-hybridized carbons (Fsp3) is 0.684. The highest BCUT2D eigenvalue weighted by Gasteiger charge is 2.35. The number of hydrogen-bond acceptors (Lipinski definition) is 4. The topological polar surface area (TPSA) is 59.6 Å². The van der Waals surface area contributed by atoms with Gasteiger partial charge >= 0.3 is 0 Å². The van der Waals surface area contributed by atoms with Crippen LogP contribution in [0.1, 0.15) is 56.0 Å². The van der Waals surface area contributed by atoms with Crippen LogP contribution in [-0.2, 0) is 28.9 Å². The summed E-state index contributed by atoms with van der Waals surface area (Å²) in [5.74, 6) is 0.975. The van der Waals surface area contributed by atoms with E-state index in [0.29, 0.717) is 19.8 Å². The summed E-state index contributed by atoms with van der Waals surface area (Å²) in [7, 11) is 0. The molecule has 1 fully saturated rings. The van der Waals surface area contributed by atoms with Crippen LogP contribution in [0.4, 0.5) is 5.82 Å². The van der Waals surface area contributed by atoms with E-state index in [0.717, 1.165) is 50.2 Å². The van der Waals surface area contributed by atoms with Crippen LogP contribution < -0.4 is 9.88 Å². The van der Waals surface area contributed by atoms with Crippen molar-refractivity contribution in [1.29, 1.82) is 5.26 Å². The highest BCUT2D eigenvalue weighted by molar-refractivity contribution is 5.58. The molecule has 0 aliphatic carbocycles. The summed E-state index contributed by atoms with van der Waals surface area (Å²) in [4.78, 5) is 5.86. The van der Waals surface area contributed by atoms with E-state index in [4.69, 9.17) is 9.47 Å². The molecule has 3 heterocycles. The number of fused-ring (bicyclic) bond motifs is 1. The second-order valence-electron chi connectivity index (χ2n) is 7.32. The Balaban J connectivity index is 2.09. The number of nitrogens with zero attached hydrogens (tertiary/aromatic N) is 2. The van der Waals surface area contributed by atoms with Gasteiger partial charge in [0.1, 0.15) is 30.4 Å². The van der Waals surface area contributed by atoms with Gasteiger partial charge in [-0.25, -0.2) is 4.98 Å². The standard InChI is InChI=1S/C19H27N3O2/c1-4-5-6-17-16-13-24-19(2,3)11-14(16)15(12-20)18(21-17)22-7-9-23-10-8-22/h4-11,13H2,1-3H3/p+1. The molecule has 0 radical (unpaired) electrons. The molecule has 2 aliphatic rings. The molecule has 0 atom stereocenters. The lowest BCUT2D eigenvalue weighted by atomic mass is 9.87. The summed E-state index contributed by atoms with van der Waals surface area (Å²) in [5, 5.41) is 9.87. The number of aryl methyl sites for hydroxylation is 1. The molecule has 1 N–H and O–H groups in total. The lowest BCUT2D eigenvalue weighted by molar-refractivity contribution is -0.379. The molecule has 24 heavy (non-hydrogen) atoms. The minimum absolute atomic E-state index is 0.218. The summed E-state index contributed by atoms with van der Waals surface area (Å²) in [5.41, 5.74) is 4.20. The van der Waals surface area contributed by atoms with Crippen LogP contribution in [0.15, 0.2) is 0 Å². The normalized spacial score (nSPS) is 19.7. The van der Waals surface area contributed by atoms with Crippen molar-refractivity contribution in [2.75, 3.05) is 31.2 Å². The molecule has 5 nitrogen and oxygen atoms in total. The number of anilines is 1. The van der Waals surface area contributed by atoms with Gasteiger partial charge in [0.15, 0.2) is 0 Å². The molecular formula is C19H28N3O2+. The molecule has 2 aliphatic heterocycles. The highest BCUT2D eigenvalue weighted by atomic mass is 16.5. The molecule has 1 saturated heterocycles. The number of rotatable bonds is 4. The number of nitriles is 1. The zero-order valence-corrected chi connectivity index (χ0v) is 15.1. The minimum Gasteiger partial charge on any atom is -0.373 e. The third kappa shape index (κ3) is 3.40. The molecule has 0 aromatic carbocycles. The number of nitrogens with one attached hydrogen (secondary N) is 1. The second-order valence-corrected chi connectivity index (χ2v) is 7.32. The van der Waals surface area contributed by atoms with Gasteiger partial charge < -0.3 is 9.47 Å². The molecule has 5 heteroatoms. The fourth-order valence-corrected chi connectivity index (χ4v) is 3.58. The smallest absolute Gasteiger partial charge is 0.293 e. The second kappa shape index (κ2) is 7.08. The number of unbranched alkanes of at least 4 members (excludes halogenated alkanes) is 1. The van der Waals surface area contributed by atoms with Gasteiger partial charge in [-0.1, -0.05) is 13.3 Å². The number of aromatic nitrogens is 1. The Morgan fingerprint density at radius 3 is 2.67 bits per heavy atom. The molecule has 0 unspecified atom stereocenters. The van der Waals surface area contributed by atoms with E-state index in [1.807, 2.05) is 0 Å². The average molecular weight is 330 g/mol. The first-order valence-electron chi connectivity index (χ1n) is 9.02. The van der Waals surface area contributed by atoms with E-state index >= 15 is 0 Å². The number of H-pyrrole nitrogens is 1. The summed E-state index contributed by atoms with van der Waals surface area (Å²) < 4.78 is 11.5. The van der Waals surface area contributed by atoms with Crippen LogP contribution in [0.3, 0.4) is 0 Å². The molecule has 3 rings (SSSR count). The maximum Gasteiger partial charge on any atom is 0.293 e. The largest absolute Gasteiger partial charge is 0.373 e. The highest BCUT2D eigenvalue weighted by Crippen LogP contribution is 2.34. The van der Waals surface area contributed by atoms with Crippen LogP contribution in [0.25, 0.3) is 0 Å². The van der Waals surface area contributed by atoms with Gasteiger partial charge in [0.25, 0.3) is 5.82 Å². The predicted molar refractivity (Wildman–Crippen MR) is 91.9 cm³/mol. The fourth-order valence-electron chi connectivity index (χ4n) is 3.58. The molecule has 0 saturated carbocycles. The lowest BCUT2D eigenvalue weighted by Gasteiger charge is -2.33. The number of aromatic amines is 1. The van der Waals surface area contributed by atoms with Gasteiger partial charge in [0.05, 0.1) is 25.4 Å². The Hall–Kier alpha value is -1.64. The van der Waals surface area contributed by atoms with Crippen molar-refractivity contribution in [1.82, 2.24) is 0 Å². The number of ether oxygens (including phenoxy) is 2. The van der Waals surface area contributed by atoms with E-state index in [-0.39, 0.29) is 5.60 Å². The van der Waals surface area contributed by atoms with Gasteiger partial charge in [0, 0.05) is 18.4 Å². The summed E-state index contributed by atoms with van der Waals surface area (Å²) in [6.07, 6.45) is 4.09. The van der Waals surface area contributed by atoms with Crippen LogP contribution in [0.5, 0.6) is 0 Å². The summed E-state index contributed by atoms with van der Waals surface area (Å²) in [6, 6.07) is 2.47. The van der Waals surface area contributed by atoms with Gasteiger partial charge in [-0.05, 0) is 25.8 Å². The van der Waals surface area contributed by atoms with E-state index < -0.39 is 0 Å². The summed E-state index contributed by atoms with van der Waals surface area (Å²) >= 11 is 0. The maximum absolute atomic E-state index is 9.87. The van der Waals surface area contributed by atoms with Crippen molar-refractivity contribution in [2.45, 2.75) is 58.7 Å². The van der Waals surface area contributed by atoms with E-state index in [9.17, 15) is 5.26 Å². The Kier molecular flexibility index (Phi) is 5.07. The molecule has 0 amide bonds. The first kappa shape index (κ1) is 17.2. The van der Waals surface area contributed by atoms with Gasteiger partial charge in [-0.3, -0.25) is 4.90 Å². The zero-order valence-electron chi connectivity index (χ0n) is 15.1. The third-order valence-corrected chi connectivity index (χ3v) is 4.97. The third-order valence-electron chi connectivity index (χ3n) is 4.97. The lowest BCUT2D eigenvalue weighted by Crippen LogP contribution is -2.43. The quantitative estimate of drug-likeness (QED) is 0.850. The van der Waals surface area contributed by atoms with Crippen molar-refractivity contribution in [3.05, 3.63) is 22.4 Å². The first-order valence-corrected chi connectivity index (χ1v) is 9.02. The molecule has 1 aromatic heterocycles. The summed E-state index contributed by atoms with van der Waals surface area (Å²) in [6.45, 7) is 10.1. The van der Waals surface area contributed by atoms with Gasteiger partial charge in [0.2, 0.25) is 0 Å². The van der Waals surface area contributed by atoms with Crippen LogP contribution in [0, 0.1) is 11.3 Å². The van der Waals surface area contributed by atoms with Gasteiger partial charge in [-0.2, -0.15) is 5.26 Å². The van der Waals surface area contributed by atoms with Crippen LogP contribution in [0.2, 0.25) is 0 Å². The molecule has 0 bridgehead atoms. The molecule has 0 spiro atoms. The number of hydrogen-bond donors (Lipinski definition) is 0. The van der Waals surface area contributed by atoms with Crippen molar-refractivity contribution >= 4 is 5.82 Å². The molecule has 1 aromatic rings. The number of morpholine rings is 1. The van der Waals surface area contributed by atoms with E-state index in [1.54, 1.807) is 0 Å². The Morgan fingerprint density at radius 2 is 2.00 bits per heavy atom. The van der Waals surface area contributed by atoms with E-state index in [2.05, 4.69) is 36.7 Å². The van der Waals surface area contributed by atoms with Gasteiger partial charge in [-0.15, -0.1) is 0 Å². The minimum atomic E-state index is -0.218. The Bertz CT molecular complexity index is 643. The van der Waals surface area contributed by atoms with E-state index in [1.165, 1.54) is 16.8 Å². The van der Waals surface area contributed by atoms with Crippen LogP contribution in [-0.4, -0.2) is 31.9 Å². The van der Waals surface area contributed by atoms with Crippen LogP contribution >= 0.6 is 0 Å². The zero-order chi connectivity index (χ0) is 17.2. The SMILES string of the molecule is CCCCc1[nH+]c(N2CCOCC2)c(C#N)c2c1COC(C)(C)C2. The predicted octanol–water partition coefficient (Wildman–Crippen LogP) is 2.40. The average Bonchev–Trinajstić information content (AvgIpc) is 2.58. The van der Waals surface area contributed by atoms with Crippen molar-refractivity contribution in [3.8, 4) is 6.07 Å². The van der Waals surface area contributed by atoms with Crippen molar-refractivity contribution in [3.63, 3.8) is 0 Å². The molecule has 130 valence electrons. The first-order chi connectivity index (χ1) is 11.6. The Morgan fingerprint density at radius 1 is 1.25 bits per heavy atom. The monoisotopic (exact) mass is 330 g/mol. The maximum atomic E-state index is 9.87. The molecular weight excluding hydrogens is 302 g/mol. The van der Waals surface area contributed by atoms with Crippen molar-refractivity contribution < 1.29 is 14.5 Å². The Labute approximate surface area is 144 Å². The number of pyridine rings is 1.